The lowest BCUT2D eigenvalue weighted by Crippen LogP contribution is -1.95. The van der Waals surface area contributed by atoms with E-state index in [9.17, 15) is 0 Å². The van der Waals surface area contributed by atoms with Crippen LogP contribution in [0.2, 0.25) is 5.02 Å². The third-order valence-corrected chi connectivity index (χ3v) is 4.20. The van der Waals surface area contributed by atoms with Gasteiger partial charge in [0.25, 0.3) is 0 Å². The molecule has 0 saturated carbocycles. The van der Waals surface area contributed by atoms with Gasteiger partial charge in [-0.2, -0.15) is 0 Å². The van der Waals surface area contributed by atoms with Crippen LogP contribution in [-0.2, 0) is 0 Å². The molecule has 1 atom stereocenters. The zero-order valence-corrected chi connectivity index (χ0v) is 12.6. The summed E-state index contributed by atoms with van der Waals surface area (Å²) in [6.07, 6.45) is 0. The van der Waals surface area contributed by atoms with Gasteiger partial charge in [-0.25, -0.2) is 0 Å². The van der Waals surface area contributed by atoms with Crippen molar-refractivity contribution in [1.29, 1.82) is 0 Å². The third kappa shape index (κ3) is 2.88. The molecule has 94 valence electrons. The first kappa shape index (κ1) is 13.4. The lowest BCUT2D eigenvalue weighted by Gasteiger charge is -2.13. The first-order valence-corrected chi connectivity index (χ1v) is 6.95. The van der Waals surface area contributed by atoms with Crippen molar-refractivity contribution >= 4 is 27.5 Å². The van der Waals surface area contributed by atoms with Crippen molar-refractivity contribution in [3.8, 4) is 5.75 Å². The maximum Gasteiger partial charge on any atom is 0.122 e. The first-order chi connectivity index (χ1) is 8.61. The monoisotopic (exact) mass is 324 g/mol. The smallest absolute Gasteiger partial charge is 0.122 e. The molecule has 2 aromatic carbocycles. The fourth-order valence-electron chi connectivity index (χ4n) is 1.82. The van der Waals surface area contributed by atoms with Gasteiger partial charge in [0.2, 0.25) is 0 Å². The van der Waals surface area contributed by atoms with Crippen molar-refractivity contribution in [2.75, 3.05) is 7.11 Å². The second-order valence-electron chi connectivity index (χ2n) is 4.14. The molecule has 0 heterocycles. The van der Waals surface area contributed by atoms with E-state index >= 15 is 0 Å². The topological polar surface area (TPSA) is 9.23 Å². The molecule has 0 spiro atoms. The van der Waals surface area contributed by atoms with Crippen molar-refractivity contribution < 1.29 is 4.74 Å². The second-order valence-corrected chi connectivity index (χ2v) is 5.50. The number of rotatable bonds is 3. The number of hydrogen-bond acceptors (Lipinski definition) is 1. The Morgan fingerprint density at radius 3 is 2.28 bits per heavy atom. The SMILES string of the molecule is COc1cc(C(Br)c2ccc(Cl)cc2)ccc1C. The molecule has 0 fully saturated rings. The lowest BCUT2D eigenvalue weighted by atomic mass is 10.0. The first-order valence-electron chi connectivity index (χ1n) is 5.66. The van der Waals surface area contributed by atoms with E-state index in [1.807, 2.05) is 31.2 Å². The van der Waals surface area contributed by atoms with E-state index in [-0.39, 0.29) is 4.83 Å². The van der Waals surface area contributed by atoms with Gasteiger partial charge in [-0.15, -0.1) is 0 Å². The standard InChI is InChI=1S/C15H14BrClO/c1-10-3-4-12(9-14(10)18-2)15(16)11-5-7-13(17)8-6-11/h3-9,15H,1-2H3. The Bertz CT molecular complexity index is 537. The number of alkyl halides is 1. The molecule has 0 radical (unpaired) electrons. The Morgan fingerprint density at radius 1 is 1.06 bits per heavy atom. The van der Waals surface area contributed by atoms with Crippen LogP contribution in [0.4, 0.5) is 0 Å². The molecule has 1 unspecified atom stereocenters. The van der Waals surface area contributed by atoms with E-state index < -0.39 is 0 Å². The van der Waals surface area contributed by atoms with Crippen LogP contribution in [0.5, 0.6) is 5.75 Å². The van der Waals surface area contributed by atoms with E-state index in [0.717, 1.165) is 16.3 Å². The predicted octanol–water partition coefficient (Wildman–Crippen LogP) is 5.14. The molecular weight excluding hydrogens is 312 g/mol. The maximum atomic E-state index is 5.90. The molecule has 0 saturated heterocycles. The highest BCUT2D eigenvalue weighted by Gasteiger charge is 2.11. The van der Waals surface area contributed by atoms with Crippen molar-refractivity contribution in [3.63, 3.8) is 0 Å². The minimum Gasteiger partial charge on any atom is -0.496 e. The van der Waals surface area contributed by atoms with Gasteiger partial charge in [-0.1, -0.05) is 51.8 Å². The molecule has 2 rings (SSSR count). The van der Waals surface area contributed by atoms with Gasteiger partial charge in [0, 0.05) is 5.02 Å². The van der Waals surface area contributed by atoms with E-state index in [4.69, 9.17) is 16.3 Å². The molecule has 2 aromatic rings. The maximum absolute atomic E-state index is 5.90. The van der Waals surface area contributed by atoms with Gasteiger partial charge in [0.05, 0.1) is 11.9 Å². The van der Waals surface area contributed by atoms with Gasteiger partial charge in [0.1, 0.15) is 5.75 Å². The van der Waals surface area contributed by atoms with Crippen LogP contribution in [0.3, 0.4) is 0 Å². The normalized spacial score (nSPS) is 12.2. The molecule has 0 bridgehead atoms. The fraction of sp³-hybridized carbons (Fsp3) is 0.200. The molecule has 0 aromatic heterocycles. The highest BCUT2D eigenvalue weighted by Crippen LogP contribution is 2.34. The van der Waals surface area contributed by atoms with Crippen molar-refractivity contribution in [2.45, 2.75) is 11.8 Å². The van der Waals surface area contributed by atoms with E-state index in [0.29, 0.717) is 0 Å². The number of aryl methyl sites for hydroxylation is 1. The Kier molecular flexibility index (Phi) is 4.31. The molecule has 0 aliphatic rings. The zero-order valence-electron chi connectivity index (χ0n) is 10.3. The Morgan fingerprint density at radius 2 is 1.67 bits per heavy atom. The summed E-state index contributed by atoms with van der Waals surface area (Å²) in [5.74, 6) is 0.908. The van der Waals surface area contributed by atoms with E-state index in [1.165, 1.54) is 11.1 Å². The van der Waals surface area contributed by atoms with E-state index in [2.05, 4.69) is 34.1 Å². The number of methoxy groups -OCH3 is 1. The van der Waals surface area contributed by atoms with Gasteiger partial charge in [-0.3, -0.25) is 0 Å². The third-order valence-electron chi connectivity index (χ3n) is 2.89. The van der Waals surface area contributed by atoms with Crippen molar-refractivity contribution in [2.24, 2.45) is 0 Å². The summed E-state index contributed by atoms with van der Waals surface area (Å²) < 4.78 is 5.35. The molecular formula is C15H14BrClO. The number of hydrogen-bond donors (Lipinski definition) is 0. The van der Waals surface area contributed by atoms with Crippen molar-refractivity contribution in [3.05, 3.63) is 64.2 Å². The fourth-order valence-corrected chi connectivity index (χ4v) is 2.53. The Hall–Kier alpha value is -0.990. The van der Waals surface area contributed by atoms with Gasteiger partial charge < -0.3 is 4.74 Å². The summed E-state index contributed by atoms with van der Waals surface area (Å²) >= 11 is 9.60. The number of ether oxygens (including phenoxy) is 1. The molecule has 0 amide bonds. The van der Waals surface area contributed by atoms with Gasteiger partial charge >= 0.3 is 0 Å². The quantitative estimate of drug-likeness (QED) is 0.710. The summed E-state index contributed by atoms with van der Waals surface area (Å²) in [6, 6.07) is 14.1. The minimum atomic E-state index is 0.143. The van der Waals surface area contributed by atoms with Crippen molar-refractivity contribution in [1.82, 2.24) is 0 Å². The van der Waals surface area contributed by atoms with Crippen LogP contribution in [0.15, 0.2) is 42.5 Å². The summed E-state index contributed by atoms with van der Waals surface area (Å²) in [5, 5.41) is 0.750. The largest absolute Gasteiger partial charge is 0.496 e. The van der Waals surface area contributed by atoms with Crippen LogP contribution in [0, 0.1) is 6.92 Å². The molecule has 3 heteroatoms. The van der Waals surface area contributed by atoms with Crippen LogP contribution < -0.4 is 4.74 Å². The summed E-state index contributed by atoms with van der Waals surface area (Å²) in [4.78, 5) is 0.143. The molecule has 0 aliphatic heterocycles. The summed E-state index contributed by atoms with van der Waals surface area (Å²) in [5.41, 5.74) is 3.47. The Balaban J connectivity index is 2.33. The predicted molar refractivity (Wildman–Crippen MR) is 80.0 cm³/mol. The van der Waals surface area contributed by atoms with E-state index in [1.54, 1.807) is 7.11 Å². The minimum absolute atomic E-state index is 0.143. The average Bonchev–Trinajstić information content (AvgIpc) is 2.39. The van der Waals surface area contributed by atoms with Crippen LogP contribution >= 0.6 is 27.5 Å². The molecule has 0 aliphatic carbocycles. The second kappa shape index (κ2) is 5.77. The summed E-state index contributed by atoms with van der Waals surface area (Å²) in [6.45, 7) is 2.04. The Labute approximate surface area is 121 Å². The number of benzene rings is 2. The lowest BCUT2D eigenvalue weighted by molar-refractivity contribution is 0.411. The highest BCUT2D eigenvalue weighted by atomic mass is 79.9. The molecule has 18 heavy (non-hydrogen) atoms. The highest BCUT2D eigenvalue weighted by molar-refractivity contribution is 9.09. The van der Waals surface area contributed by atoms with Crippen LogP contribution in [0.1, 0.15) is 21.5 Å². The average molecular weight is 326 g/mol. The summed E-state index contributed by atoms with van der Waals surface area (Å²) in [7, 11) is 1.69. The van der Waals surface area contributed by atoms with Crippen LogP contribution in [-0.4, -0.2) is 7.11 Å². The molecule has 1 nitrogen and oxygen atoms in total. The number of halogens is 2. The van der Waals surface area contributed by atoms with Crippen LogP contribution in [0.25, 0.3) is 0 Å². The van der Waals surface area contributed by atoms with Gasteiger partial charge in [-0.05, 0) is 41.8 Å². The molecule has 0 N–H and O–H groups in total. The zero-order chi connectivity index (χ0) is 13.1. The van der Waals surface area contributed by atoms with Gasteiger partial charge in [0.15, 0.2) is 0 Å².